The van der Waals surface area contributed by atoms with E-state index in [0.29, 0.717) is 19.3 Å². The summed E-state index contributed by atoms with van der Waals surface area (Å²) in [6.45, 7) is 6.24. The molecule has 4 heteroatoms. The number of hydrogen-bond donors (Lipinski definition) is 2. The molecule has 0 aromatic carbocycles. The molecule has 0 bridgehead atoms. The van der Waals surface area contributed by atoms with Crippen LogP contribution in [0.2, 0.25) is 0 Å². The maximum absolute atomic E-state index is 11.6. The summed E-state index contributed by atoms with van der Waals surface area (Å²) in [4.78, 5) is 22.6. The van der Waals surface area contributed by atoms with E-state index in [9.17, 15) is 9.59 Å². The summed E-state index contributed by atoms with van der Waals surface area (Å²) in [6.07, 6.45) is 2.74. The summed E-state index contributed by atoms with van der Waals surface area (Å²) in [5, 5.41) is 11.8. The van der Waals surface area contributed by atoms with E-state index in [1.165, 1.54) is 0 Å². The highest BCUT2D eigenvalue weighted by Gasteiger charge is 2.44. The van der Waals surface area contributed by atoms with Gasteiger partial charge in [0.2, 0.25) is 5.91 Å². The van der Waals surface area contributed by atoms with E-state index in [-0.39, 0.29) is 17.9 Å². The largest absolute Gasteiger partial charge is 0.481 e. The maximum Gasteiger partial charge on any atom is 0.311 e. The fourth-order valence-electron chi connectivity index (χ4n) is 1.88. The number of hydrogen-bond acceptors (Lipinski definition) is 2. The lowest BCUT2D eigenvalue weighted by Crippen LogP contribution is -2.48. The van der Waals surface area contributed by atoms with Crippen LogP contribution in [0.1, 0.15) is 46.5 Å². The molecule has 0 saturated heterocycles. The number of aliphatic carboxylic acids is 1. The summed E-state index contributed by atoms with van der Waals surface area (Å²) in [5.41, 5.74) is -0.742. The zero-order valence-corrected chi connectivity index (χ0v) is 10.3. The van der Waals surface area contributed by atoms with E-state index in [1.807, 2.05) is 20.8 Å². The van der Waals surface area contributed by atoms with Crippen molar-refractivity contribution >= 4 is 11.9 Å². The van der Waals surface area contributed by atoms with Crippen molar-refractivity contribution in [2.45, 2.75) is 46.5 Å². The lowest BCUT2D eigenvalue weighted by Gasteiger charge is -2.37. The van der Waals surface area contributed by atoms with Gasteiger partial charge in [0.15, 0.2) is 0 Å². The fourth-order valence-corrected chi connectivity index (χ4v) is 1.88. The second-order valence-corrected chi connectivity index (χ2v) is 5.95. The van der Waals surface area contributed by atoms with Crippen molar-refractivity contribution in [1.29, 1.82) is 0 Å². The first-order valence-electron chi connectivity index (χ1n) is 5.75. The maximum atomic E-state index is 11.6. The Balaban J connectivity index is 2.39. The number of amides is 1. The Morgan fingerprint density at radius 2 is 1.88 bits per heavy atom. The minimum absolute atomic E-state index is 0.0555. The highest BCUT2D eigenvalue weighted by molar-refractivity contribution is 5.79. The van der Waals surface area contributed by atoms with E-state index in [4.69, 9.17) is 5.11 Å². The van der Waals surface area contributed by atoms with E-state index in [0.717, 1.165) is 6.42 Å². The molecule has 1 aliphatic rings. The number of rotatable bonds is 4. The van der Waals surface area contributed by atoms with Gasteiger partial charge in [-0.2, -0.15) is 0 Å². The van der Waals surface area contributed by atoms with Gasteiger partial charge in [-0.3, -0.25) is 9.59 Å². The van der Waals surface area contributed by atoms with Crippen LogP contribution in [0.15, 0.2) is 0 Å². The molecule has 0 unspecified atom stereocenters. The van der Waals surface area contributed by atoms with Gasteiger partial charge in [0.1, 0.15) is 0 Å². The van der Waals surface area contributed by atoms with Crippen LogP contribution < -0.4 is 5.32 Å². The molecule has 2 N–H and O–H groups in total. The Labute approximate surface area is 96.4 Å². The predicted molar refractivity (Wildman–Crippen MR) is 61.0 cm³/mol. The summed E-state index contributed by atoms with van der Waals surface area (Å²) < 4.78 is 0. The number of carbonyl (C=O) groups excluding carboxylic acids is 1. The van der Waals surface area contributed by atoms with E-state index < -0.39 is 11.4 Å². The van der Waals surface area contributed by atoms with Crippen molar-refractivity contribution in [3.05, 3.63) is 0 Å². The molecule has 0 heterocycles. The molecule has 0 aromatic heterocycles. The topological polar surface area (TPSA) is 66.4 Å². The Hall–Kier alpha value is -1.06. The minimum atomic E-state index is -0.783. The lowest BCUT2D eigenvalue weighted by atomic mass is 9.68. The van der Waals surface area contributed by atoms with Gasteiger partial charge in [-0.15, -0.1) is 0 Å². The number of carboxylic acids is 1. The quantitative estimate of drug-likeness (QED) is 0.769. The highest BCUT2D eigenvalue weighted by atomic mass is 16.4. The third-order valence-corrected chi connectivity index (χ3v) is 3.08. The second kappa shape index (κ2) is 4.44. The summed E-state index contributed by atoms with van der Waals surface area (Å²) in [7, 11) is 0. The van der Waals surface area contributed by atoms with E-state index in [2.05, 4.69) is 5.32 Å². The number of carboxylic acid groups (broad SMARTS) is 1. The smallest absolute Gasteiger partial charge is 0.311 e. The van der Waals surface area contributed by atoms with Crippen molar-refractivity contribution in [3.63, 3.8) is 0 Å². The molecule has 0 radical (unpaired) electrons. The highest BCUT2D eigenvalue weighted by Crippen LogP contribution is 2.40. The Kier molecular flexibility index (Phi) is 3.61. The average Bonchev–Trinajstić information content (AvgIpc) is 1.97. The second-order valence-electron chi connectivity index (χ2n) is 5.95. The van der Waals surface area contributed by atoms with Crippen molar-refractivity contribution < 1.29 is 14.7 Å². The normalized spacial score (nSPS) is 18.7. The lowest BCUT2D eigenvalue weighted by molar-refractivity contribution is -0.154. The van der Waals surface area contributed by atoms with Gasteiger partial charge < -0.3 is 10.4 Å². The molecule has 1 aliphatic carbocycles. The predicted octanol–water partition coefficient (Wildman–Crippen LogP) is 1.79. The fraction of sp³-hybridized carbons (Fsp3) is 0.833. The van der Waals surface area contributed by atoms with Crippen LogP contribution in [0.4, 0.5) is 0 Å². The van der Waals surface area contributed by atoms with Gasteiger partial charge in [0.25, 0.3) is 0 Å². The van der Waals surface area contributed by atoms with E-state index >= 15 is 0 Å². The van der Waals surface area contributed by atoms with Gasteiger partial charge in [0, 0.05) is 13.0 Å². The van der Waals surface area contributed by atoms with Crippen LogP contribution in [0.25, 0.3) is 0 Å². The Morgan fingerprint density at radius 1 is 1.31 bits per heavy atom. The zero-order chi connectivity index (χ0) is 12.4. The molecule has 1 saturated carbocycles. The molecule has 1 fully saturated rings. The first kappa shape index (κ1) is 13.0. The van der Waals surface area contributed by atoms with Gasteiger partial charge in [-0.1, -0.05) is 27.2 Å². The molecule has 92 valence electrons. The van der Waals surface area contributed by atoms with Crippen LogP contribution in [0.5, 0.6) is 0 Å². The minimum Gasteiger partial charge on any atom is -0.481 e. The van der Waals surface area contributed by atoms with Crippen LogP contribution in [-0.2, 0) is 9.59 Å². The molecule has 0 atom stereocenters. The molecule has 4 nitrogen and oxygen atoms in total. The van der Waals surface area contributed by atoms with Crippen molar-refractivity contribution in [1.82, 2.24) is 5.32 Å². The average molecular weight is 227 g/mol. The third kappa shape index (κ3) is 3.22. The van der Waals surface area contributed by atoms with Gasteiger partial charge in [0.05, 0.1) is 5.41 Å². The molecule has 0 aliphatic heterocycles. The number of nitrogens with one attached hydrogen (secondary N) is 1. The van der Waals surface area contributed by atoms with Crippen LogP contribution in [0, 0.1) is 10.8 Å². The Morgan fingerprint density at radius 3 is 2.19 bits per heavy atom. The Bertz CT molecular complexity index is 287. The first-order valence-corrected chi connectivity index (χ1v) is 5.75. The summed E-state index contributed by atoms with van der Waals surface area (Å²) in [6, 6.07) is 0. The van der Waals surface area contributed by atoms with Crippen LogP contribution in [0.3, 0.4) is 0 Å². The van der Waals surface area contributed by atoms with Crippen molar-refractivity contribution in [2.24, 2.45) is 10.8 Å². The van der Waals surface area contributed by atoms with Gasteiger partial charge in [-0.05, 0) is 18.3 Å². The zero-order valence-electron chi connectivity index (χ0n) is 10.3. The molecule has 0 aromatic rings. The van der Waals surface area contributed by atoms with E-state index in [1.54, 1.807) is 0 Å². The SMILES string of the molecule is CC(C)(C)CC(=O)NCC1(C(=O)O)CCC1. The first-order chi connectivity index (χ1) is 7.25. The molecule has 16 heavy (non-hydrogen) atoms. The van der Waals surface area contributed by atoms with Crippen LogP contribution in [-0.4, -0.2) is 23.5 Å². The van der Waals surface area contributed by atoms with Crippen molar-refractivity contribution in [2.75, 3.05) is 6.54 Å². The number of carbonyl (C=O) groups is 2. The van der Waals surface area contributed by atoms with Crippen LogP contribution >= 0.6 is 0 Å². The molecule has 0 spiro atoms. The molecule has 1 amide bonds. The van der Waals surface area contributed by atoms with Gasteiger partial charge in [-0.25, -0.2) is 0 Å². The monoisotopic (exact) mass is 227 g/mol. The van der Waals surface area contributed by atoms with Crippen molar-refractivity contribution in [3.8, 4) is 0 Å². The molecular weight excluding hydrogens is 206 g/mol. The standard InChI is InChI=1S/C12H21NO3/c1-11(2,3)7-9(14)13-8-12(10(15)16)5-4-6-12/h4-8H2,1-3H3,(H,13,14)(H,15,16). The third-order valence-electron chi connectivity index (χ3n) is 3.08. The molecule has 1 rings (SSSR count). The van der Waals surface area contributed by atoms with Gasteiger partial charge >= 0.3 is 5.97 Å². The summed E-state index contributed by atoms with van der Waals surface area (Å²) >= 11 is 0. The summed E-state index contributed by atoms with van der Waals surface area (Å²) in [5.74, 6) is -0.838. The molecular formula is C12H21NO3.